The zero-order valence-corrected chi connectivity index (χ0v) is 15.1. The number of nitrogens with zero attached hydrogens (tertiary/aromatic N) is 3. The van der Waals surface area contributed by atoms with Gasteiger partial charge in [0.2, 0.25) is 0 Å². The summed E-state index contributed by atoms with van der Waals surface area (Å²) in [6.45, 7) is 0. The van der Waals surface area contributed by atoms with Crippen LogP contribution in [0.1, 0.15) is 0 Å². The largest absolute Gasteiger partial charge is 0.507 e. The Bertz CT molecular complexity index is 1240. The van der Waals surface area contributed by atoms with Crippen molar-refractivity contribution in [2.24, 2.45) is 15.6 Å². The van der Waals surface area contributed by atoms with Gasteiger partial charge in [-0.1, -0.05) is 54.2 Å². The van der Waals surface area contributed by atoms with Gasteiger partial charge in [-0.2, -0.15) is 0 Å². The van der Waals surface area contributed by atoms with Crippen molar-refractivity contribution in [1.82, 2.24) is 0 Å². The van der Waals surface area contributed by atoms with Crippen LogP contribution in [0.2, 0.25) is 0 Å². The van der Waals surface area contributed by atoms with Crippen molar-refractivity contribution < 1.29 is 15.3 Å². The van der Waals surface area contributed by atoms with Crippen molar-refractivity contribution in [2.45, 2.75) is 9.79 Å². The maximum Gasteiger partial charge on any atom is 0.135 e. The lowest BCUT2D eigenvalue weighted by Gasteiger charge is -2.15. The van der Waals surface area contributed by atoms with Crippen LogP contribution in [0.3, 0.4) is 0 Å². The van der Waals surface area contributed by atoms with Crippen LogP contribution >= 0.6 is 11.8 Å². The fourth-order valence-electron chi connectivity index (χ4n) is 3.13. The van der Waals surface area contributed by atoms with Crippen LogP contribution in [-0.4, -0.2) is 15.3 Å². The number of phenolic OH excluding ortho intramolecular Hbond substituents is 3. The molecule has 0 aromatic heterocycles. The van der Waals surface area contributed by atoms with Crippen molar-refractivity contribution in [1.29, 1.82) is 0 Å². The van der Waals surface area contributed by atoms with Gasteiger partial charge in [-0.3, -0.25) is 0 Å². The molecule has 0 aliphatic heterocycles. The second kappa shape index (κ2) is 7.16. The minimum Gasteiger partial charge on any atom is -0.507 e. The van der Waals surface area contributed by atoms with E-state index in [0.717, 1.165) is 4.90 Å². The van der Waals surface area contributed by atoms with Gasteiger partial charge >= 0.3 is 0 Å². The second-order valence-corrected chi connectivity index (χ2v) is 7.04. The van der Waals surface area contributed by atoms with E-state index < -0.39 is 0 Å². The Hall–Kier alpha value is -3.65. The molecule has 0 aliphatic rings. The van der Waals surface area contributed by atoms with Crippen LogP contribution in [0.25, 0.3) is 21.5 Å². The average Bonchev–Trinajstić information content (AvgIpc) is 2.72. The Balaban J connectivity index is 2.11. The van der Waals surface area contributed by atoms with Crippen molar-refractivity contribution >= 4 is 39.0 Å². The van der Waals surface area contributed by atoms with E-state index in [9.17, 15) is 20.2 Å². The van der Waals surface area contributed by atoms with E-state index in [0.29, 0.717) is 15.7 Å². The first kappa shape index (κ1) is 17.7. The highest BCUT2D eigenvalue weighted by Gasteiger charge is 2.22. The first-order chi connectivity index (χ1) is 13.6. The SMILES string of the molecule is O=NN=Nc1c(Sc2ccccc2)cc(O)c2c(O)c3ccccc3c(O)c12. The summed E-state index contributed by atoms with van der Waals surface area (Å²) in [7, 11) is 0. The minimum absolute atomic E-state index is 0.0217. The van der Waals surface area contributed by atoms with Crippen LogP contribution in [0.4, 0.5) is 5.69 Å². The topological polar surface area (TPSA) is 115 Å². The van der Waals surface area contributed by atoms with Crippen molar-refractivity contribution in [2.75, 3.05) is 0 Å². The molecule has 0 bridgehead atoms. The number of nitroso groups, excluding NO2 is 1. The van der Waals surface area contributed by atoms with Gasteiger partial charge in [-0.25, -0.2) is 0 Å². The molecule has 0 fully saturated rings. The summed E-state index contributed by atoms with van der Waals surface area (Å²) in [6.07, 6.45) is 0. The minimum atomic E-state index is -0.231. The molecule has 0 aliphatic carbocycles. The molecule has 0 radical (unpaired) electrons. The molecule has 0 spiro atoms. The molecular formula is C20H13N3O4S. The van der Waals surface area contributed by atoms with E-state index in [-0.39, 0.29) is 33.7 Å². The van der Waals surface area contributed by atoms with Crippen LogP contribution in [0, 0.1) is 4.91 Å². The molecule has 4 aromatic carbocycles. The van der Waals surface area contributed by atoms with Gasteiger partial charge in [0.25, 0.3) is 0 Å². The van der Waals surface area contributed by atoms with Gasteiger partial charge in [-0.05, 0) is 23.4 Å². The standard InChI is InChI=1S/C20H13N3O4S/c24-14-10-15(28-11-6-2-1-3-7-11)18(21-22-23-27)17-16(14)19(25)12-8-4-5-9-13(12)20(17)26/h1-10,24-26H. The molecule has 138 valence electrons. The van der Waals surface area contributed by atoms with E-state index in [1.54, 1.807) is 24.3 Å². The lowest BCUT2D eigenvalue weighted by molar-refractivity contribution is 0.462. The van der Waals surface area contributed by atoms with E-state index in [1.807, 2.05) is 30.3 Å². The average molecular weight is 391 g/mol. The molecule has 0 unspecified atom stereocenters. The maximum atomic E-state index is 10.9. The van der Waals surface area contributed by atoms with E-state index in [4.69, 9.17) is 0 Å². The zero-order valence-electron chi connectivity index (χ0n) is 14.3. The molecule has 4 aromatic rings. The molecule has 0 saturated heterocycles. The highest BCUT2D eigenvalue weighted by molar-refractivity contribution is 7.99. The molecule has 0 heterocycles. The molecule has 0 saturated carbocycles. The molecule has 3 N–H and O–H groups in total. The number of phenols is 3. The van der Waals surface area contributed by atoms with Crippen LogP contribution in [0.15, 0.2) is 86.1 Å². The van der Waals surface area contributed by atoms with E-state index in [2.05, 4.69) is 15.6 Å². The Morgan fingerprint density at radius 1 is 0.786 bits per heavy atom. The molecular weight excluding hydrogens is 378 g/mol. The Morgan fingerprint density at radius 2 is 1.39 bits per heavy atom. The normalized spacial score (nSPS) is 11.4. The summed E-state index contributed by atoms with van der Waals surface area (Å²) >= 11 is 1.26. The Morgan fingerprint density at radius 3 is 2.04 bits per heavy atom. The third-order valence-electron chi connectivity index (χ3n) is 4.31. The number of aromatic hydroxyl groups is 3. The quantitative estimate of drug-likeness (QED) is 0.129. The van der Waals surface area contributed by atoms with Crippen LogP contribution in [-0.2, 0) is 0 Å². The lowest BCUT2D eigenvalue weighted by atomic mass is 9.99. The van der Waals surface area contributed by atoms with Crippen molar-refractivity contribution in [3.8, 4) is 17.2 Å². The predicted octanol–water partition coefficient (Wildman–Crippen LogP) is 6.03. The highest BCUT2D eigenvalue weighted by Crippen LogP contribution is 2.52. The summed E-state index contributed by atoms with van der Waals surface area (Å²) in [5.74, 6) is -0.619. The summed E-state index contributed by atoms with van der Waals surface area (Å²) in [5, 5.41) is 42.5. The summed E-state index contributed by atoms with van der Waals surface area (Å²) in [6, 6.07) is 17.4. The number of hydrogen-bond donors (Lipinski definition) is 3. The van der Waals surface area contributed by atoms with Gasteiger partial charge in [0.15, 0.2) is 0 Å². The second-order valence-electron chi connectivity index (χ2n) is 5.92. The van der Waals surface area contributed by atoms with Gasteiger partial charge in [0.1, 0.15) is 28.2 Å². The maximum absolute atomic E-state index is 10.9. The lowest BCUT2D eigenvalue weighted by Crippen LogP contribution is -1.86. The zero-order chi connectivity index (χ0) is 19.7. The third-order valence-corrected chi connectivity index (χ3v) is 5.35. The van der Waals surface area contributed by atoms with Crippen LogP contribution < -0.4 is 0 Å². The van der Waals surface area contributed by atoms with Gasteiger partial charge in [0.05, 0.1) is 10.8 Å². The van der Waals surface area contributed by atoms with Crippen molar-refractivity contribution in [3.63, 3.8) is 0 Å². The fourth-order valence-corrected chi connectivity index (χ4v) is 4.08. The smallest absolute Gasteiger partial charge is 0.135 e. The summed E-state index contributed by atoms with van der Waals surface area (Å²) in [4.78, 5) is 11.8. The summed E-state index contributed by atoms with van der Waals surface area (Å²) in [5.41, 5.74) is 0.125. The number of rotatable bonds is 4. The van der Waals surface area contributed by atoms with Gasteiger partial charge < -0.3 is 15.3 Å². The molecule has 7 nitrogen and oxygen atoms in total. The van der Waals surface area contributed by atoms with Gasteiger partial charge in [0, 0.05) is 20.6 Å². The van der Waals surface area contributed by atoms with Crippen molar-refractivity contribution in [3.05, 3.63) is 65.6 Å². The molecule has 0 atom stereocenters. The van der Waals surface area contributed by atoms with E-state index in [1.165, 1.54) is 17.8 Å². The van der Waals surface area contributed by atoms with Gasteiger partial charge in [-0.15, -0.1) is 10.0 Å². The monoisotopic (exact) mass is 391 g/mol. The number of fused-ring (bicyclic) bond motifs is 2. The molecule has 8 heteroatoms. The Labute approximate surface area is 162 Å². The Kier molecular flexibility index (Phi) is 4.54. The first-order valence-corrected chi connectivity index (χ1v) is 9.02. The molecule has 28 heavy (non-hydrogen) atoms. The summed E-state index contributed by atoms with van der Waals surface area (Å²) < 4.78 is 0. The van der Waals surface area contributed by atoms with Crippen LogP contribution in [0.5, 0.6) is 17.2 Å². The molecule has 4 rings (SSSR count). The third kappa shape index (κ3) is 2.89. The number of benzene rings is 4. The van der Waals surface area contributed by atoms with E-state index >= 15 is 0 Å². The molecule has 0 amide bonds. The fraction of sp³-hybridized carbons (Fsp3) is 0. The highest BCUT2D eigenvalue weighted by atomic mass is 32.2. The number of hydrogen-bond acceptors (Lipinski definition) is 6. The first-order valence-electron chi connectivity index (χ1n) is 8.20. The predicted molar refractivity (Wildman–Crippen MR) is 107 cm³/mol.